The maximum atomic E-state index is 13.0. The van der Waals surface area contributed by atoms with Crippen LogP contribution in [0, 0.1) is 5.92 Å². The lowest BCUT2D eigenvalue weighted by atomic mass is 10.0. The second-order valence-electron chi connectivity index (χ2n) is 16.1. The summed E-state index contributed by atoms with van der Waals surface area (Å²) in [5.41, 5.74) is 1.30. The summed E-state index contributed by atoms with van der Waals surface area (Å²) >= 11 is 0. The number of rotatable bonds is 9. The Balaban J connectivity index is 1.16. The van der Waals surface area contributed by atoms with Crippen molar-refractivity contribution in [3.05, 3.63) is 65.9 Å². The van der Waals surface area contributed by atoms with Crippen molar-refractivity contribution in [1.29, 1.82) is 0 Å². The summed E-state index contributed by atoms with van der Waals surface area (Å²) in [6, 6.07) is 13.9. The first-order chi connectivity index (χ1) is 25.3. The molecule has 4 atom stereocenters. The number of amides is 2. The van der Waals surface area contributed by atoms with Crippen LogP contribution in [0.25, 0.3) is 22.0 Å². The van der Waals surface area contributed by atoms with Gasteiger partial charge in [0.15, 0.2) is 19.0 Å². The van der Waals surface area contributed by atoms with Crippen LogP contribution in [0.1, 0.15) is 95.5 Å². The standard InChI is InChI=1S/C41H49N3O10/c1-24-19-33(43(21-24)38(49)53-40(3,4)5)37(48)51-22-34(45)27-12-10-26(11-13-27)28-14-16-30-29(20-28)15-17-31(42-30)35(46)23-52-36(47)32-18-9-25(2)44(32)39(50)54-41(6,7)8/h10-17,20,24-25,32-33H,9,18-19,21-23H2,1-8H3/t24-,25-,32-,33-/m0/s1. The number of hydrogen-bond acceptors (Lipinski definition) is 11. The number of ketones is 2. The van der Waals surface area contributed by atoms with E-state index in [2.05, 4.69) is 4.98 Å². The van der Waals surface area contributed by atoms with Gasteiger partial charge in [-0.3, -0.25) is 19.4 Å². The molecule has 2 fully saturated rings. The van der Waals surface area contributed by atoms with Crippen molar-refractivity contribution in [2.75, 3.05) is 19.8 Å². The average molecular weight is 744 g/mol. The lowest BCUT2D eigenvalue weighted by molar-refractivity contribution is -0.148. The molecule has 2 saturated heterocycles. The molecule has 2 amide bonds. The van der Waals surface area contributed by atoms with Gasteiger partial charge in [-0.05, 0) is 103 Å². The summed E-state index contributed by atoms with van der Waals surface area (Å²) in [4.78, 5) is 84.4. The Labute approximate surface area is 315 Å². The molecule has 0 unspecified atom stereocenters. The zero-order valence-electron chi connectivity index (χ0n) is 32.2. The molecule has 0 N–H and O–H groups in total. The van der Waals surface area contributed by atoms with Crippen LogP contribution in [-0.2, 0) is 28.5 Å². The van der Waals surface area contributed by atoms with Crippen LogP contribution in [0.2, 0.25) is 0 Å². The largest absolute Gasteiger partial charge is 0.456 e. The van der Waals surface area contributed by atoms with E-state index in [4.69, 9.17) is 18.9 Å². The number of nitrogens with zero attached hydrogens (tertiary/aromatic N) is 3. The Morgan fingerprint density at radius 3 is 1.94 bits per heavy atom. The maximum Gasteiger partial charge on any atom is 0.411 e. The van der Waals surface area contributed by atoms with Crippen LogP contribution in [-0.4, -0.2) is 99.6 Å². The number of carbonyl (C=O) groups excluding carboxylic acids is 6. The van der Waals surface area contributed by atoms with Gasteiger partial charge in [0.1, 0.15) is 29.0 Å². The molecule has 3 heterocycles. The van der Waals surface area contributed by atoms with E-state index in [1.165, 1.54) is 9.80 Å². The van der Waals surface area contributed by atoms with E-state index in [0.717, 1.165) is 16.5 Å². The fourth-order valence-corrected chi connectivity index (χ4v) is 6.56. The molecule has 0 spiro atoms. The molecule has 0 saturated carbocycles. The molecule has 13 heteroatoms. The van der Waals surface area contributed by atoms with E-state index in [1.54, 1.807) is 84.0 Å². The highest BCUT2D eigenvalue weighted by Gasteiger charge is 2.43. The van der Waals surface area contributed by atoms with Gasteiger partial charge in [0, 0.05) is 23.5 Å². The number of pyridine rings is 1. The SMILES string of the molecule is C[C@H]1C[C@@H](C(=O)OCC(=O)c2ccc(-c3ccc4nc(C(=O)COC(=O)[C@@H]5CC[C@H](C)N5C(=O)OC(C)(C)C)ccc4c3)cc2)N(C(=O)OC(C)(C)C)C1. The number of ether oxygens (including phenoxy) is 4. The summed E-state index contributed by atoms with van der Waals surface area (Å²) in [5.74, 6) is -2.08. The van der Waals surface area contributed by atoms with Crippen LogP contribution < -0.4 is 0 Å². The van der Waals surface area contributed by atoms with Gasteiger partial charge in [-0.25, -0.2) is 24.2 Å². The van der Waals surface area contributed by atoms with Crippen LogP contribution in [0.3, 0.4) is 0 Å². The van der Waals surface area contributed by atoms with E-state index in [-0.39, 0.29) is 23.4 Å². The first-order valence-electron chi connectivity index (χ1n) is 18.2. The number of likely N-dealkylation sites (tertiary alicyclic amines) is 2. The number of hydrogen-bond donors (Lipinski definition) is 0. The Morgan fingerprint density at radius 1 is 0.704 bits per heavy atom. The predicted octanol–water partition coefficient (Wildman–Crippen LogP) is 6.79. The monoisotopic (exact) mass is 743 g/mol. The average Bonchev–Trinajstić information content (AvgIpc) is 3.70. The number of fused-ring (bicyclic) bond motifs is 1. The molecule has 13 nitrogen and oxygen atoms in total. The molecule has 3 aromatic rings. The lowest BCUT2D eigenvalue weighted by Crippen LogP contribution is -2.47. The third kappa shape index (κ3) is 9.80. The van der Waals surface area contributed by atoms with E-state index < -0.39 is 66.4 Å². The summed E-state index contributed by atoms with van der Waals surface area (Å²) in [6.07, 6.45) is 0.266. The van der Waals surface area contributed by atoms with Gasteiger partial charge in [0.2, 0.25) is 5.78 Å². The van der Waals surface area contributed by atoms with Crippen LogP contribution in [0.5, 0.6) is 0 Å². The normalized spacial score (nSPS) is 20.1. The van der Waals surface area contributed by atoms with E-state index in [0.29, 0.717) is 36.9 Å². The number of benzene rings is 2. The first-order valence-corrected chi connectivity index (χ1v) is 18.2. The van der Waals surface area contributed by atoms with Crippen molar-refractivity contribution >= 4 is 46.6 Å². The first kappa shape index (κ1) is 39.9. The fraction of sp³-hybridized carbons (Fsp3) is 0.488. The summed E-state index contributed by atoms with van der Waals surface area (Å²) in [5, 5.41) is 0.766. The molecule has 288 valence electrons. The minimum atomic E-state index is -0.834. The van der Waals surface area contributed by atoms with Crippen molar-refractivity contribution in [2.45, 2.75) is 104 Å². The highest BCUT2D eigenvalue weighted by Crippen LogP contribution is 2.29. The minimum Gasteiger partial charge on any atom is -0.456 e. The molecular weight excluding hydrogens is 694 g/mol. The van der Waals surface area contributed by atoms with Crippen molar-refractivity contribution in [1.82, 2.24) is 14.8 Å². The summed E-state index contributed by atoms with van der Waals surface area (Å²) < 4.78 is 21.6. The highest BCUT2D eigenvalue weighted by molar-refractivity contribution is 6.00. The fourth-order valence-electron chi connectivity index (χ4n) is 6.56. The molecule has 2 aliphatic heterocycles. The van der Waals surface area contributed by atoms with Gasteiger partial charge >= 0.3 is 24.1 Å². The number of carbonyl (C=O) groups is 6. The Morgan fingerprint density at radius 2 is 1.30 bits per heavy atom. The zero-order valence-corrected chi connectivity index (χ0v) is 32.2. The molecule has 0 bridgehead atoms. The van der Waals surface area contributed by atoms with Crippen molar-refractivity contribution in [3.8, 4) is 11.1 Å². The molecule has 5 rings (SSSR count). The molecule has 2 aromatic carbocycles. The Hall–Kier alpha value is -5.33. The predicted molar refractivity (Wildman–Crippen MR) is 199 cm³/mol. The van der Waals surface area contributed by atoms with Crippen LogP contribution in [0.4, 0.5) is 9.59 Å². The third-order valence-electron chi connectivity index (χ3n) is 9.16. The second-order valence-corrected chi connectivity index (χ2v) is 16.1. The molecule has 0 radical (unpaired) electrons. The molecule has 1 aromatic heterocycles. The van der Waals surface area contributed by atoms with Crippen LogP contribution >= 0.6 is 0 Å². The van der Waals surface area contributed by atoms with Gasteiger partial charge in [-0.2, -0.15) is 0 Å². The summed E-state index contributed by atoms with van der Waals surface area (Å²) in [6.45, 7) is 13.7. The van der Waals surface area contributed by atoms with E-state index in [1.807, 2.05) is 26.0 Å². The van der Waals surface area contributed by atoms with E-state index in [9.17, 15) is 28.8 Å². The highest BCUT2D eigenvalue weighted by atomic mass is 16.6. The number of aromatic nitrogens is 1. The molecular formula is C41H49N3O10. The third-order valence-corrected chi connectivity index (χ3v) is 9.16. The number of esters is 2. The Kier molecular flexibility index (Phi) is 11.8. The van der Waals surface area contributed by atoms with E-state index >= 15 is 0 Å². The van der Waals surface area contributed by atoms with Crippen LogP contribution in [0.15, 0.2) is 54.6 Å². The zero-order chi connectivity index (χ0) is 39.5. The van der Waals surface area contributed by atoms with Gasteiger partial charge in [0.05, 0.1) is 5.52 Å². The summed E-state index contributed by atoms with van der Waals surface area (Å²) in [7, 11) is 0. The number of Topliss-reactive ketones (excluding diaryl/α,β-unsaturated/α-hetero) is 2. The lowest BCUT2D eigenvalue weighted by Gasteiger charge is -2.30. The van der Waals surface area contributed by atoms with Crippen molar-refractivity contribution < 1.29 is 47.7 Å². The Bertz CT molecular complexity index is 1930. The van der Waals surface area contributed by atoms with Gasteiger partial charge in [0.25, 0.3) is 0 Å². The topological polar surface area (TPSA) is 159 Å². The second kappa shape index (κ2) is 16.0. The van der Waals surface area contributed by atoms with Crippen molar-refractivity contribution in [2.24, 2.45) is 5.92 Å². The minimum absolute atomic E-state index is 0.0809. The quantitative estimate of drug-likeness (QED) is 0.129. The maximum absolute atomic E-state index is 13.0. The van der Waals surface area contributed by atoms with Gasteiger partial charge < -0.3 is 18.9 Å². The molecule has 54 heavy (non-hydrogen) atoms. The van der Waals surface area contributed by atoms with Crippen molar-refractivity contribution in [3.63, 3.8) is 0 Å². The van der Waals surface area contributed by atoms with Gasteiger partial charge in [-0.1, -0.05) is 43.3 Å². The molecule has 2 aliphatic rings. The molecule has 0 aliphatic carbocycles. The van der Waals surface area contributed by atoms with Gasteiger partial charge in [-0.15, -0.1) is 0 Å². The smallest absolute Gasteiger partial charge is 0.411 e.